The zero-order valence-electron chi connectivity index (χ0n) is 16.5. The maximum Gasteiger partial charge on any atom is 0.330 e. The van der Waals surface area contributed by atoms with E-state index in [0.29, 0.717) is 22.1 Å². The topological polar surface area (TPSA) is 79.8 Å². The van der Waals surface area contributed by atoms with E-state index in [2.05, 4.69) is 9.97 Å². The number of halogens is 2. The zero-order chi connectivity index (χ0) is 21.0. The number of fused-ring (bicyclic) bond motifs is 2. The predicted octanol–water partition coefficient (Wildman–Crippen LogP) is 3.91. The van der Waals surface area contributed by atoms with Crippen LogP contribution in [-0.4, -0.2) is 41.9 Å². The van der Waals surface area contributed by atoms with E-state index in [1.54, 1.807) is 41.8 Å². The number of benzene rings is 1. The van der Waals surface area contributed by atoms with Crippen LogP contribution in [0.25, 0.3) is 28.1 Å². The molecule has 1 aliphatic carbocycles. The fourth-order valence-electron chi connectivity index (χ4n) is 4.33. The molecule has 0 amide bonds. The molecule has 0 radical (unpaired) electrons. The van der Waals surface area contributed by atoms with Gasteiger partial charge in [0.1, 0.15) is 11.8 Å². The van der Waals surface area contributed by atoms with Gasteiger partial charge in [-0.2, -0.15) is 9.97 Å². The van der Waals surface area contributed by atoms with E-state index < -0.39 is 0 Å². The first-order valence-electron chi connectivity index (χ1n) is 9.78. The summed E-state index contributed by atoms with van der Waals surface area (Å²) < 4.78 is 10.5. The molecular formula is C20H20Cl2N6O2. The number of imidazole rings is 2. The van der Waals surface area contributed by atoms with Crippen molar-refractivity contribution >= 4 is 45.4 Å². The van der Waals surface area contributed by atoms with Gasteiger partial charge in [-0.3, -0.25) is 13.7 Å². The molecule has 10 heteroatoms. The minimum Gasteiger partial charge on any atom is -0.381 e. The molecule has 0 spiro atoms. The second-order valence-electron chi connectivity index (χ2n) is 7.61. The van der Waals surface area contributed by atoms with Crippen LogP contribution in [0.4, 0.5) is 0 Å². The molecule has 5 rings (SSSR count). The number of ether oxygens (including phenoxy) is 1. The van der Waals surface area contributed by atoms with Crippen LogP contribution < -0.4 is 5.69 Å². The van der Waals surface area contributed by atoms with Gasteiger partial charge < -0.3 is 4.74 Å². The van der Waals surface area contributed by atoms with Crippen molar-refractivity contribution in [2.75, 3.05) is 7.11 Å². The highest BCUT2D eigenvalue weighted by molar-refractivity contribution is 6.33. The Morgan fingerprint density at radius 1 is 1.13 bits per heavy atom. The van der Waals surface area contributed by atoms with Crippen LogP contribution in [0.3, 0.4) is 0 Å². The molecule has 3 aromatic heterocycles. The number of hydrogen-bond acceptors (Lipinski definition) is 5. The van der Waals surface area contributed by atoms with E-state index in [9.17, 15) is 4.79 Å². The quantitative estimate of drug-likeness (QED) is 0.445. The molecule has 0 unspecified atom stereocenters. The first-order valence-corrected chi connectivity index (χ1v) is 10.5. The van der Waals surface area contributed by atoms with Crippen LogP contribution in [-0.2, 0) is 11.8 Å². The first kappa shape index (κ1) is 19.5. The number of aryl methyl sites for hydroxylation is 1. The molecule has 4 aromatic rings. The van der Waals surface area contributed by atoms with Crippen LogP contribution in [0, 0.1) is 0 Å². The number of nitrogens with zero attached hydrogens (tertiary/aromatic N) is 6. The van der Waals surface area contributed by atoms with E-state index in [1.165, 1.54) is 4.57 Å². The third-order valence-corrected chi connectivity index (χ3v) is 6.43. The van der Waals surface area contributed by atoms with Crippen molar-refractivity contribution in [2.45, 2.75) is 37.8 Å². The fourth-order valence-corrected chi connectivity index (χ4v) is 4.78. The molecule has 1 aliphatic rings. The van der Waals surface area contributed by atoms with Gasteiger partial charge in [-0.15, -0.1) is 0 Å². The van der Waals surface area contributed by atoms with E-state index in [1.807, 2.05) is 6.07 Å². The van der Waals surface area contributed by atoms with Gasteiger partial charge in [0.15, 0.2) is 10.8 Å². The van der Waals surface area contributed by atoms with Gasteiger partial charge in [0, 0.05) is 25.2 Å². The van der Waals surface area contributed by atoms with E-state index in [4.69, 9.17) is 32.9 Å². The summed E-state index contributed by atoms with van der Waals surface area (Å²) in [7, 11) is 3.43. The maximum atomic E-state index is 13.1. The summed E-state index contributed by atoms with van der Waals surface area (Å²) in [6.45, 7) is 0. The van der Waals surface area contributed by atoms with Gasteiger partial charge >= 0.3 is 5.69 Å². The molecule has 1 fully saturated rings. The predicted molar refractivity (Wildman–Crippen MR) is 116 cm³/mol. The highest BCUT2D eigenvalue weighted by Gasteiger charge is 2.28. The summed E-state index contributed by atoms with van der Waals surface area (Å²) in [6, 6.07) is 5.46. The van der Waals surface area contributed by atoms with E-state index in [0.717, 1.165) is 36.7 Å². The molecule has 0 bridgehead atoms. The van der Waals surface area contributed by atoms with Crippen molar-refractivity contribution in [1.29, 1.82) is 0 Å². The van der Waals surface area contributed by atoms with Gasteiger partial charge in [-0.1, -0.05) is 23.2 Å². The molecule has 0 N–H and O–H groups in total. The Balaban J connectivity index is 1.69. The number of methoxy groups -OCH3 is 1. The smallest absolute Gasteiger partial charge is 0.330 e. The zero-order valence-corrected chi connectivity index (χ0v) is 18.1. The van der Waals surface area contributed by atoms with Crippen molar-refractivity contribution in [3.05, 3.63) is 45.2 Å². The van der Waals surface area contributed by atoms with Crippen molar-refractivity contribution < 1.29 is 4.74 Å². The second kappa shape index (κ2) is 7.37. The van der Waals surface area contributed by atoms with Crippen LogP contribution in [0.15, 0.2) is 29.3 Å². The minimum atomic E-state index is -0.141. The molecule has 3 heterocycles. The van der Waals surface area contributed by atoms with Crippen molar-refractivity contribution in [3.8, 4) is 5.95 Å². The summed E-state index contributed by atoms with van der Waals surface area (Å²) in [5.41, 5.74) is 2.45. The summed E-state index contributed by atoms with van der Waals surface area (Å²) in [4.78, 5) is 26.7. The highest BCUT2D eigenvalue weighted by atomic mass is 35.5. The summed E-state index contributed by atoms with van der Waals surface area (Å²) in [5.74, 6) is 0.349. The Bertz CT molecular complexity index is 1320. The Hall–Kier alpha value is -2.42. The monoisotopic (exact) mass is 446 g/mol. The van der Waals surface area contributed by atoms with Gasteiger partial charge in [0.2, 0.25) is 5.95 Å². The van der Waals surface area contributed by atoms with Gasteiger partial charge in [-0.25, -0.2) is 9.78 Å². The molecule has 0 aliphatic heterocycles. The molecule has 1 aromatic carbocycles. The lowest BCUT2D eigenvalue weighted by atomic mass is 9.93. The fraction of sp³-hybridized carbons (Fsp3) is 0.400. The van der Waals surface area contributed by atoms with E-state index >= 15 is 0 Å². The summed E-state index contributed by atoms with van der Waals surface area (Å²) in [6.07, 6.45) is 5.37. The lowest BCUT2D eigenvalue weighted by Crippen LogP contribution is -2.30. The number of aromatic nitrogens is 6. The Morgan fingerprint density at radius 3 is 2.63 bits per heavy atom. The number of hydrogen-bond donors (Lipinski definition) is 0. The lowest BCUT2D eigenvalue weighted by molar-refractivity contribution is 0.0584. The Kier molecular flexibility index (Phi) is 4.80. The molecule has 1 saturated carbocycles. The normalized spacial score (nSPS) is 19.7. The van der Waals surface area contributed by atoms with Crippen molar-refractivity contribution in [1.82, 2.24) is 28.7 Å². The Morgan fingerprint density at radius 2 is 1.90 bits per heavy atom. The third-order valence-electron chi connectivity index (χ3n) is 5.93. The average Bonchev–Trinajstić information content (AvgIpc) is 3.27. The lowest BCUT2D eigenvalue weighted by Gasteiger charge is -2.28. The Labute approximate surface area is 182 Å². The second-order valence-corrected chi connectivity index (χ2v) is 8.41. The highest BCUT2D eigenvalue weighted by Crippen LogP contribution is 2.32. The van der Waals surface area contributed by atoms with Crippen LogP contribution in [0.5, 0.6) is 0 Å². The molecular weight excluding hydrogens is 427 g/mol. The largest absolute Gasteiger partial charge is 0.381 e. The summed E-state index contributed by atoms with van der Waals surface area (Å²) in [5, 5.41) is 0.811. The molecule has 156 valence electrons. The molecule has 0 atom stereocenters. The third kappa shape index (κ3) is 3.02. The molecule has 30 heavy (non-hydrogen) atoms. The van der Waals surface area contributed by atoms with Gasteiger partial charge in [-0.05, 0) is 43.9 Å². The average molecular weight is 447 g/mol. The van der Waals surface area contributed by atoms with Crippen LogP contribution in [0.1, 0.15) is 31.7 Å². The minimum absolute atomic E-state index is 0.0420. The first-order chi connectivity index (χ1) is 14.5. The molecule has 0 saturated heterocycles. The van der Waals surface area contributed by atoms with E-state index in [-0.39, 0.29) is 23.0 Å². The number of rotatable bonds is 3. The molecule has 8 nitrogen and oxygen atoms in total. The van der Waals surface area contributed by atoms with Crippen LogP contribution >= 0.6 is 23.2 Å². The van der Waals surface area contributed by atoms with Crippen molar-refractivity contribution in [3.63, 3.8) is 0 Å². The maximum absolute atomic E-state index is 13.1. The van der Waals surface area contributed by atoms with Crippen LogP contribution in [0.2, 0.25) is 10.2 Å². The standard InChI is InChI=1S/C20H20Cl2N6O2/c1-26-16-17(22)24-19(27-10-23-14-8-3-11(21)9-15(14)27)25-18(16)28(20(26)29)12-4-6-13(30-2)7-5-12/h3,8-10,12-13H,4-7H2,1-2H3/t12-,13-. The SMILES string of the molecule is CO[C@H]1CC[C@H](n2c(=O)n(C)c3c(Cl)nc(-n4cnc5ccc(Cl)cc54)nc32)CC1. The van der Waals surface area contributed by atoms with Gasteiger partial charge in [0.05, 0.1) is 17.1 Å². The summed E-state index contributed by atoms with van der Waals surface area (Å²) >= 11 is 12.7. The van der Waals surface area contributed by atoms with Crippen molar-refractivity contribution in [2.24, 2.45) is 7.05 Å². The van der Waals surface area contributed by atoms with Gasteiger partial charge in [0.25, 0.3) is 0 Å².